The molecule has 0 bridgehead atoms. The molecule has 7 heteroatoms. The second-order valence-corrected chi connectivity index (χ2v) is 5.41. The second-order valence-electron chi connectivity index (χ2n) is 3.48. The molecule has 0 aromatic heterocycles. The van der Waals surface area contributed by atoms with Gasteiger partial charge in [-0.1, -0.05) is 31.9 Å². The van der Waals surface area contributed by atoms with Gasteiger partial charge in [-0.3, -0.25) is 4.79 Å². The summed E-state index contributed by atoms with van der Waals surface area (Å²) < 4.78 is 40.0. The Bertz CT molecular complexity index is 444. The minimum atomic E-state index is -4.74. The number of benzene rings is 1. The molecule has 2 nitrogen and oxygen atoms in total. The normalized spacial score (nSPS) is 13.2. The largest absolute Gasteiger partial charge is 0.573 e. The molecule has 1 rings (SSSR count). The molecule has 0 aliphatic carbocycles. The number of Topliss-reactive ketones (excluding diaryl/α,β-unsaturated/α-hetero) is 1. The van der Waals surface area contributed by atoms with Crippen LogP contribution in [0.2, 0.25) is 0 Å². The van der Waals surface area contributed by atoms with Crippen molar-refractivity contribution in [3.8, 4) is 5.75 Å². The first-order valence-corrected chi connectivity index (χ1v) is 6.91. The van der Waals surface area contributed by atoms with Gasteiger partial charge in [-0.25, -0.2) is 0 Å². The van der Waals surface area contributed by atoms with Crippen molar-refractivity contribution < 1.29 is 22.7 Å². The van der Waals surface area contributed by atoms with Crippen molar-refractivity contribution in [1.82, 2.24) is 0 Å². The number of rotatable bonds is 4. The molecule has 0 aliphatic rings. The topological polar surface area (TPSA) is 26.3 Å². The van der Waals surface area contributed by atoms with E-state index in [2.05, 4.69) is 36.6 Å². The van der Waals surface area contributed by atoms with Gasteiger partial charge in [-0.15, -0.1) is 13.2 Å². The van der Waals surface area contributed by atoms with Gasteiger partial charge in [0.05, 0.1) is 4.83 Å². The average molecular weight is 390 g/mol. The third-order valence-corrected chi connectivity index (χ3v) is 3.10. The first-order chi connectivity index (χ1) is 8.24. The van der Waals surface area contributed by atoms with Crippen LogP contribution in [-0.4, -0.2) is 17.0 Å². The van der Waals surface area contributed by atoms with E-state index < -0.39 is 11.2 Å². The summed E-state index contributed by atoms with van der Waals surface area (Å²) in [6.07, 6.45) is -4.74. The van der Waals surface area contributed by atoms with Crippen LogP contribution in [-0.2, 0) is 5.33 Å². The molecular formula is C11H9Br2F3O2. The number of carbonyl (C=O) groups excluding carboxylic acids is 1. The van der Waals surface area contributed by atoms with Crippen LogP contribution in [0.3, 0.4) is 0 Å². The third kappa shape index (κ3) is 4.28. The molecule has 0 saturated heterocycles. The standard InChI is InChI=1S/C11H9Br2F3O2/c1-6(13)10(17)9-3-2-8(4-7(9)5-12)18-11(14,15)16/h2-4,6H,5H2,1H3. The maximum Gasteiger partial charge on any atom is 0.573 e. The van der Waals surface area contributed by atoms with Crippen molar-refractivity contribution in [3.63, 3.8) is 0 Å². The van der Waals surface area contributed by atoms with Crippen LogP contribution in [0.4, 0.5) is 13.2 Å². The molecular weight excluding hydrogens is 381 g/mol. The van der Waals surface area contributed by atoms with Crippen molar-refractivity contribution in [1.29, 1.82) is 0 Å². The predicted molar refractivity (Wildman–Crippen MR) is 68.5 cm³/mol. The van der Waals surface area contributed by atoms with E-state index in [0.29, 0.717) is 11.1 Å². The molecule has 18 heavy (non-hydrogen) atoms. The van der Waals surface area contributed by atoms with Crippen LogP contribution in [0.25, 0.3) is 0 Å². The monoisotopic (exact) mass is 388 g/mol. The fraction of sp³-hybridized carbons (Fsp3) is 0.364. The van der Waals surface area contributed by atoms with E-state index in [4.69, 9.17) is 0 Å². The predicted octanol–water partition coefficient (Wildman–Crippen LogP) is 4.45. The lowest BCUT2D eigenvalue weighted by atomic mass is 10.0. The highest BCUT2D eigenvalue weighted by molar-refractivity contribution is 9.10. The number of ether oxygens (including phenoxy) is 1. The quantitative estimate of drug-likeness (QED) is 0.561. The smallest absolute Gasteiger partial charge is 0.406 e. The molecule has 100 valence electrons. The van der Waals surface area contributed by atoms with Crippen molar-refractivity contribution in [2.75, 3.05) is 0 Å². The van der Waals surface area contributed by atoms with Crippen LogP contribution >= 0.6 is 31.9 Å². The maximum atomic E-state index is 12.1. The summed E-state index contributed by atoms with van der Waals surface area (Å²) in [6.45, 7) is 1.65. The summed E-state index contributed by atoms with van der Waals surface area (Å²) in [4.78, 5) is 11.4. The van der Waals surface area contributed by atoms with Crippen molar-refractivity contribution >= 4 is 37.6 Å². The van der Waals surface area contributed by atoms with Gasteiger partial charge in [0.1, 0.15) is 5.75 Å². The number of ketones is 1. The van der Waals surface area contributed by atoms with Gasteiger partial charge in [-0.2, -0.15) is 0 Å². The van der Waals surface area contributed by atoms with Gasteiger partial charge in [0.2, 0.25) is 0 Å². The molecule has 0 saturated carbocycles. The lowest BCUT2D eigenvalue weighted by molar-refractivity contribution is -0.274. The Morgan fingerprint density at radius 2 is 2.06 bits per heavy atom. The molecule has 0 spiro atoms. The van der Waals surface area contributed by atoms with Gasteiger partial charge in [0.25, 0.3) is 0 Å². The lowest BCUT2D eigenvalue weighted by Gasteiger charge is -2.12. The highest BCUT2D eigenvalue weighted by Gasteiger charge is 2.31. The van der Waals surface area contributed by atoms with Gasteiger partial charge >= 0.3 is 6.36 Å². The van der Waals surface area contributed by atoms with E-state index in [9.17, 15) is 18.0 Å². The molecule has 1 aromatic carbocycles. The fourth-order valence-electron chi connectivity index (χ4n) is 1.33. The number of hydrogen-bond donors (Lipinski definition) is 0. The summed E-state index contributed by atoms with van der Waals surface area (Å²) in [6, 6.07) is 3.66. The van der Waals surface area contributed by atoms with Gasteiger partial charge in [-0.05, 0) is 30.7 Å². The van der Waals surface area contributed by atoms with Crippen LogP contribution < -0.4 is 4.74 Å². The van der Waals surface area contributed by atoms with E-state index >= 15 is 0 Å². The number of hydrogen-bond acceptors (Lipinski definition) is 2. The number of alkyl halides is 5. The molecule has 1 aromatic rings. The van der Waals surface area contributed by atoms with Crippen molar-refractivity contribution in [2.24, 2.45) is 0 Å². The molecule has 1 unspecified atom stereocenters. The lowest BCUT2D eigenvalue weighted by Crippen LogP contribution is -2.18. The zero-order valence-electron chi connectivity index (χ0n) is 9.22. The summed E-state index contributed by atoms with van der Waals surface area (Å²) in [7, 11) is 0. The van der Waals surface area contributed by atoms with Crippen molar-refractivity contribution in [2.45, 2.75) is 23.4 Å². The van der Waals surface area contributed by atoms with Gasteiger partial charge in [0, 0.05) is 10.9 Å². The number of halogens is 5. The molecule has 0 radical (unpaired) electrons. The van der Waals surface area contributed by atoms with E-state index in [1.165, 1.54) is 12.1 Å². The first-order valence-electron chi connectivity index (χ1n) is 4.87. The molecule has 0 heterocycles. The van der Waals surface area contributed by atoms with Gasteiger partial charge in [0.15, 0.2) is 5.78 Å². The Hall–Kier alpha value is -0.560. The first kappa shape index (κ1) is 15.5. The van der Waals surface area contributed by atoms with E-state index in [0.717, 1.165) is 6.07 Å². The maximum absolute atomic E-state index is 12.1. The van der Waals surface area contributed by atoms with Crippen LogP contribution in [0.15, 0.2) is 18.2 Å². The SMILES string of the molecule is CC(Br)C(=O)c1ccc(OC(F)(F)F)cc1CBr. The Kier molecular flexibility index (Phi) is 5.21. The molecule has 0 aliphatic heterocycles. The van der Waals surface area contributed by atoms with E-state index in [-0.39, 0.29) is 16.9 Å². The Morgan fingerprint density at radius 1 is 1.44 bits per heavy atom. The van der Waals surface area contributed by atoms with Crippen molar-refractivity contribution in [3.05, 3.63) is 29.3 Å². The number of carbonyl (C=O) groups is 1. The highest BCUT2D eigenvalue weighted by atomic mass is 79.9. The average Bonchev–Trinajstić information content (AvgIpc) is 2.25. The highest BCUT2D eigenvalue weighted by Crippen LogP contribution is 2.27. The fourth-order valence-corrected chi connectivity index (χ4v) is 2.04. The van der Waals surface area contributed by atoms with Gasteiger partial charge < -0.3 is 4.74 Å². The summed E-state index contributed by atoms with van der Waals surface area (Å²) in [5, 5.41) is 0.267. The third-order valence-electron chi connectivity index (χ3n) is 2.08. The van der Waals surface area contributed by atoms with E-state index in [1.54, 1.807) is 6.92 Å². The van der Waals surface area contributed by atoms with E-state index in [1.807, 2.05) is 0 Å². The minimum absolute atomic E-state index is 0.192. The Balaban J connectivity index is 3.08. The van der Waals surface area contributed by atoms with Crippen LogP contribution in [0.1, 0.15) is 22.8 Å². The molecule has 1 atom stereocenters. The Morgan fingerprint density at radius 3 is 2.50 bits per heavy atom. The van der Waals surface area contributed by atoms with Crippen LogP contribution in [0, 0.1) is 0 Å². The zero-order valence-corrected chi connectivity index (χ0v) is 12.4. The Labute approximate surface area is 119 Å². The molecule has 0 N–H and O–H groups in total. The zero-order chi connectivity index (χ0) is 13.9. The summed E-state index contributed by atoms with van der Waals surface area (Å²) in [5.41, 5.74) is 0.818. The molecule has 0 fully saturated rings. The summed E-state index contributed by atoms with van der Waals surface area (Å²) >= 11 is 6.27. The minimum Gasteiger partial charge on any atom is -0.406 e. The van der Waals surface area contributed by atoms with Crippen LogP contribution in [0.5, 0.6) is 5.75 Å². The summed E-state index contributed by atoms with van der Waals surface area (Å²) in [5.74, 6) is -0.529. The molecule has 0 amide bonds. The second kappa shape index (κ2) is 6.06.